The molecule has 7 rings (SSSR count). The summed E-state index contributed by atoms with van der Waals surface area (Å²) in [5, 5.41) is 2.78. The molecule has 5 heterocycles. The lowest BCUT2D eigenvalue weighted by molar-refractivity contribution is -0.0353. The number of hydrogen-bond acceptors (Lipinski definition) is 11. The summed E-state index contributed by atoms with van der Waals surface area (Å²) in [6.07, 6.45) is 8.60. The molecule has 13 nitrogen and oxygen atoms in total. The summed E-state index contributed by atoms with van der Waals surface area (Å²) >= 11 is 0. The van der Waals surface area contributed by atoms with Gasteiger partial charge < -0.3 is 29.3 Å². The Hall–Kier alpha value is -4.56. The van der Waals surface area contributed by atoms with Gasteiger partial charge in [0.1, 0.15) is 35.9 Å². The molecule has 2 amide bonds. The minimum absolute atomic E-state index is 0.0231. The molecule has 2 saturated heterocycles. The van der Waals surface area contributed by atoms with Crippen molar-refractivity contribution in [1.82, 2.24) is 35.0 Å². The molecule has 2 aromatic heterocycles. The van der Waals surface area contributed by atoms with Gasteiger partial charge in [-0.25, -0.2) is 19.2 Å². The van der Waals surface area contributed by atoms with Crippen molar-refractivity contribution in [3.8, 4) is 17.2 Å². The standard InChI is InChI=1S/C40H53FN8O5/c1-6-49(27(4)5)38(50)31-16-28(41)8-9-34(31)54-36-19-42-25-44-37(36)48-23-40(24-48)17-29(18-40)52-35-10-12-43-33-11-15-46(22-32(33)35)13-7-14-47-20-30(21-47)53-39(51)45-26(2)3/h8-10,12,16,19,25-27,29-30H,6-7,11,13-15,17-18,20-24H2,1-5H3,(H,45,51). The number of nitrogens with one attached hydrogen (secondary N) is 1. The number of pyridine rings is 1. The van der Waals surface area contributed by atoms with Gasteiger partial charge in [-0.15, -0.1) is 0 Å². The first-order chi connectivity index (χ1) is 26.0. The minimum atomic E-state index is -0.500. The van der Waals surface area contributed by atoms with Crippen molar-refractivity contribution in [2.75, 3.05) is 57.3 Å². The Morgan fingerprint density at radius 3 is 2.54 bits per heavy atom. The quantitative estimate of drug-likeness (QED) is 0.232. The number of rotatable bonds is 14. The minimum Gasteiger partial charge on any atom is -0.490 e. The van der Waals surface area contributed by atoms with E-state index in [4.69, 9.17) is 19.2 Å². The number of benzene rings is 1. The van der Waals surface area contributed by atoms with Gasteiger partial charge in [-0.05, 0) is 91.2 Å². The second-order valence-corrected chi connectivity index (χ2v) is 15.8. The number of likely N-dealkylation sites (tertiary alicyclic amines) is 1. The van der Waals surface area contributed by atoms with Crippen molar-refractivity contribution in [1.29, 1.82) is 0 Å². The maximum atomic E-state index is 14.3. The third-order valence-corrected chi connectivity index (χ3v) is 10.9. The molecule has 0 bridgehead atoms. The Morgan fingerprint density at radius 1 is 1.02 bits per heavy atom. The zero-order chi connectivity index (χ0) is 38.0. The first kappa shape index (κ1) is 37.7. The van der Waals surface area contributed by atoms with Crippen LogP contribution in [0.2, 0.25) is 0 Å². The topological polar surface area (TPSA) is 125 Å². The van der Waals surface area contributed by atoms with Crippen LogP contribution in [0.5, 0.6) is 17.2 Å². The van der Waals surface area contributed by atoms with E-state index in [1.165, 1.54) is 30.1 Å². The molecule has 4 aliphatic rings. The molecule has 0 unspecified atom stereocenters. The van der Waals surface area contributed by atoms with Crippen molar-refractivity contribution in [3.05, 3.63) is 65.6 Å². The number of aromatic nitrogens is 3. The summed E-state index contributed by atoms with van der Waals surface area (Å²) in [5.41, 5.74) is 2.64. The van der Waals surface area contributed by atoms with Crippen molar-refractivity contribution < 1.29 is 28.2 Å². The van der Waals surface area contributed by atoms with Gasteiger partial charge in [0.15, 0.2) is 11.6 Å². The average molecular weight is 745 g/mol. The highest BCUT2D eigenvalue weighted by Gasteiger charge is 2.54. The number of ether oxygens (including phenoxy) is 3. The van der Waals surface area contributed by atoms with Crippen molar-refractivity contribution in [2.45, 2.75) is 91.1 Å². The van der Waals surface area contributed by atoms with Crippen LogP contribution in [0.1, 0.15) is 75.5 Å². The van der Waals surface area contributed by atoms with E-state index in [-0.39, 0.29) is 53.0 Å². The molecule has 3 aromatic rings. The molecular weight excluding hydrogens is 691 g/mol. The van der Waals surface area contributed by atoms with Gasteiger partial charge in [0.2, 0.25) is 0 Å². The van der Waals surface area contributed by atoms with Crippen molar-refractivity contribution in [2.24, 2.45) is 5.41 Å². The predicted molar refractivity (Wildman–Crippen MR) is 201 cm³/mol. The number of carbonyl (C=O) groups is 2. The van der Waals surface area contributed by atoms with Gasteiger partial charge in [-0.2, -0.15) is 0 Å². The van der Waals surface area contributed by atoms with E-state index in [1.807, 2.05) is 46.9 Å². The van der Waals surface area contributed by atoms with E-state index in [2.05, 4.69) is 30.0 Å². The molecule has 0 atom stereocenters. The summed E-state index contributed by atoms with van der Waals surface area (Å²) < 4.78 is 32.7. The molecule has 1 aliphatic carbocycles. The fraction of sp³-hybridized carbons (Fsp3) is 0.575. The van der Waals surface area contributed by atoms with E-state index in [1.54, 1.807) is 11.1 Å². The van der Waals surface area contributed by atoms with Crippen LogP contribution in [0.3, 0.4) is 0 Å². The third-order valence-electron chi connectivity index (χ3n) is 10.9. The molecular formula is C40H53FN8O5. The van der Waals surface area contributed by atoms with Gasteiger partial charge in [-0.3, -0.25) is 19.6 Å². The van der Waals surface area contributed by atoms with Crippen LogP contribution in [0.4, 0.5) is 15.0 Å². The summed E-state index contributed by atoms with van der Waals surface area (Å²) in [6, 6.07) is 6.06. The van der Waals surface area contributed by atoms with Crippen molar-refractivity contribution >= 4 is 17.8 Å². The summed E-state index contributed by atoms with van der Waals surface area (Å²) in [7, 11) is 0. The number of halogens is 1. The highest BCUT2D eigenvalue weighted by atomic mass is 19.1. The Morgan fingerprint density at radius 2 is 1.80 bits per heavy atom. The lowest BCUT2D eigenvalue weighted by Gasteiger charge is -2.59. The smallest absolute Gasteiger partial charge is 0.407 e. The SMILES string of the molecule is CCN(C(=O)c1cc(F)ccc1Oc1cncnc1N1CC2(CC(Oc3ccnc4c3CN(CCCN3CC(OC(=O)NC(C)C)C3)CC4)C2)C1)C(C)C. The molecule has 1 saturated carbocycles. The molecule has 3 aliphatic heterocycles. The van der Waals surface area contributed by atoms with Crippen LogP contribution >= 0.6 is 0 Å². The Labute approximate surface area is 317 Å². The predicted octanol–water partition coefficient (Wildman–Crippen LogP) is 5.29. The first-order valence-corrected chi connectivity index (χ1v) is 19.4. The van der Waals surface area contributed by atoms with Crippen molar-refractivity contribution in [3.63, 3.8) is 0 Å². The van der Waals surface area contributed by atoms with Crippen LogP contribution in [0.25, 0.3) is 0 Å². The molecule has 1 spiro atoms. The first-order valence-electron chi connectivity index (χ1n) is 19.4. The maximum Gasteiger partial charge on any atom is 0.407 e. The number of amides is 2. The van der Waals surface area contributed by atoms with Gasteiger partial charge in [0.25, 0.3) is 5.91 Å². The number of anilines is 1. The fourth-order valence-corrected chi connectivity index (χ4v) is 8.22. The van der Waals surface area contributed by atoms with Gasteiger partial charge in [-0.1, -0.05) is 0 Å². The number of alkyl carbamates (subject to hydrolysis) is 1. The molecule has 0 radical (unpaired) electrons. The fourth-order valence-electron chi connectivity index (χ4n) is 8.22. The van der Waals surface area contributed by atoms with Gasteiger partial charge in [0.05, 0.1) is 11.8 Å². The molecule has 1 aromatic carbocycles. The Balaban J connectivity index is 0.894. The second kappa shape index (κ2) is 16.0. The lowest BCUT2D eigenvalue weighted by atomic mass is 9.61. The zero-order valence-corrected chi connectivity index (χ0v) is 32.1. The van der Waals surface area contributed by atoms with E-state index in [0.717, 1.165) is 89.5 Å². The molecule has 290 valence electrons. The van der Waals surface area contributed by atoms with Crippen LogP contribution in [-0.2, 0) is 17.7 Å². The second-order valence-electron chi connectivity index (χ2n) is 15.8. The highest BCUT2D eigenvalue weighted by molar-refractivity contribution is 5.97. The zero-order valence-electron chi connectivity index (χ0n) is 32.1. The molecule has 3 fully saturated rings. The summed E-state index contributed by atoms with van der Waals surface area (Å²) in [6.45, 7) is 17.1. The summed E-state index contributed by atoms with van der Waals surface area (Å²) in [4.78, 5) is 47.4. The number of nitrogens with zero attached hydrogens (tertiary/aromatic N) is 7. The van der Waals surface area contributed by atoms with Crippen LogP contribution in [-0.4, -0.2) is 118 Å². The highest BCUT2D eigenvalue weighted by Crippen LogP contribution is 2.52. The van der Waals surface area contributed by atoms with E-state index >= 15 is 0 Å². The largest absolute Gasteiger partial charge is 0.490 e. The van der Waals surface area contributed by atoms with Crippen LogP contribution in [0.15, 0.2) is 43.0 Å². The molecule has 1 N–H and O–H groups in total. The normalized spacial score (nSPS) is 18.5. The van der Waals surface area contributed by atoms with E-state index in [0.29, 0.717) is 18.1 Å². The van der Waals surface area contributed by atoms with Crippen LogP contribution < -0.4 is 19.7 Å². The maximum absolute atomic E-state index is 14.3. The van der Waals surface area contributed by atoms with E-state index < -0.39 is 5.82 Å². The monoisotopic (exact) mass is 744 g/mol. The number of fused-ring (bicyclic) bond motifs is 1. The molecule has 14 heteroatoms. The lowest BCUT2D eigenvalue weighted by Crippen LogP contribution is -2.65. The van der Waals surface area contributed by atoms with Gasteiger partial charge in [0, 0.05) is 87.2 Å². The Bertz CT molecular complexity index is 1810. The van der Waals surface area contributed by atoms with E-state index in [9.17, 15) is 14.0 Å². The molecule has 54 heavy (non-hydrogen) atoms. The summed E-state index contributed by atoms with van der Waals surface area (Å²) in [5.74, 6) is 1.50. The Kier molecular flexibility index (Phi) is 11.2. The van der Waals surface area contributed by atoms with Crippen LogP contribution in [0, 0.1) is 11.2 Å². The number of carbonyl (C=O) groups excluding carboxylic acids is 2. The van der Waals surface area contributed by atoms with Gasteiger partial charge >= 0.3 is 6.09 Å². The average Bonchev–Trinajstić information content (AvgIpc) is 3.08. The third kappa shape index (κ3) is 8.39. The number of hydrogen-bond donors (Lipinski definition) is 1.